The molecule has 0 bridgehead atoms. The molecule has 0 radical (unpaired) electrons. The summed E-state index contributed by atoms with van der Waals surface area (Å²) < 4.78 is 28.8. The van der Waals surface area contributed by atoms with Crippen LogP contribution in [-0.4, -0.2) is 35.1 Å². The van der Waals surface area contributed by atoms with Crippen molar-refractivity contribution in [2.45, 2.75) is 25.5 Å². The number of anilines is 2. The Bertz CT molecular complexity index is 976. The Morgan fingerprint density at radius 2 is 1.93 bits per heavy atom. The van der Waals surface area contributed by atoms with E-state index in [0.717, 1.165) is 29.7 Å². The minimum absolute atomic E-state index is 0.0444. The SMILES string of the molecule is O=C(Nc1ccc(OC(F)F)cc1)[C@@H]1CCCN1c1ncnc2ccccc12. The van der Waals surface area contributed by atoms with Gasteiger partial charge in [-0.25, -0.2) is 9.97 Å². The number of hydrogen-bond donors (Lipinski definition) is 1. The van der Waals surface area contributed by atoms with Crippen molar-refractivity contribution in [1.29, 1.82) is 0 Å². The Morgan fingerprint density at radius 1 is 1.14 bits per heavy atom. The second-order valence-corrected chi connectivity index (χ2v) is 6.46. The Balaban J connectivity index is 1.52. The molecular formula is C20H18F2N4O2. The molecule has 2 aromatic carbocycles. The van der Waals surface area contributed by atoms with Crippen LogP contribution >= 0.6 is 0 Å². The number of ether oxygens (including phenoxy) is 1. The predicted molar refractivity (Wildman–Crippen MR) is 102 cm³/mol. The lowest BCUT2D eigenvalue weighted by Gasteiger charge is -2.25. The van der Waals surface area contributed by atoms with Gasteiger partial charge in [0, 0.05) is 17.6 Å². The molecule has 1 fully saturated rings. The number of benzene rings is 2. The average molecular weight is 384 g/mol. The summed E-state index contributed by atoms with van der Waals surface area (Å²) in [7, 11) is 0. The van der Waals surface area contributed by atoms with Gasteiger partial charge in [0.05, 0.1) is 5.52 Å². The van der Waals surface area contributed by atoms with E-state index in [1.165, 1.54) is 30.6 Å². The van der Waals surface area contributed by atoms with Crippen molar-refractivity contribution in [3.8, 4) is 5.75 Å². The number of nitrogens with one attached hydrogen (secondary N) is 1. The molecule has 6 nitrogen and oxygen atoms in total. The first-order valence-corrected chi connectivity index (χ1v) is 8.94. The monoisotopic (exact) mass is 384 g/mol. The lowest BCUT2D eigenvalue weighted by Crippen LogP contribution is -2.40. The summed E-state index contributed by atoms with van der Waals surface area (Å²) in [6.45, 7) is -2.16. The Morgan fingerprint density at radius 3 is 2.71 bits per heavy atom. The number of rotatable bonds is 5. The molecule has 1 aliphatic rings. The molecule has 4 rings (SSSR count). The zero-order valence-corrected chi connectivity index (χ0v) is 14.9. The fraction of sp³-hybridized carbons (Fsp3) is 0.250. The maximum absolute atomic E-state index is 12.8. The number of carbonyl (C=O) groups excluding carboxylic acids is 1. The molecule has 1 N–H and O–H groups in total. The first-order chi connectivity index (χ1) is 13.6. The predicted octanol–water partition coefficient (Wildman–Crippen LogP) is 3.84. The van der Waals surface area contributed by atoms with Gasteiger partial charge in [-0.2, -0.15) is 8.78 Å². The molecule has 1 saturated heterocycles. The molecule has 8 heteroatoms. The molecule has 144 valence electrons. The number of carbonyl (C=O) groups is 1. The highest BCUT2D eigenvalue weighted by molar-refractivity contribution is 5.99. The van der Waals surface area contributed by atoms with Gasteiger partial charge in [-0.1, -0.05) is 12.1 Å². The summed E-state index contributed by atoms with van der Waals surface area (Å²) >= 11 is 0. The molecule has 2 heterocycles. The molecule has 1 aliphatic heterocycles. The van der Waals surface area contributed by atoms with Gasteiger partial charge in [0.25, 0.3) is 0 Å². The van der Waals surface area contributed by atoms with Gasteiger partial charge in [0.1, 0.15) is 23.9 Å². The van der Waals surface area contributed by atoms with E-state index in [1.54, 1.807) is 0 Å². The van der Waals surface area contributed by atoms with Gasteiger partial charge < -0.3 is 15.0 Å². The summed E-state index contributed by atoms with van der Waals surface area (Å²) in [6, 6.07) is 13.2. The lowest BCUT2D eigenvalue weighted by molar-refractivity contribution is -0.117. The van der Waals surface area contributed by atoms with E-state index in [9.17, 15) is 13.6 Å². The second kappa shape index (κ2) is 7.75. The third kappa shape index (κ3) is 3.71. The average Bonchev–Trinajstić information content (AvgIpc) is 3.18. The number of amides is 1. The number of halogens is 2. The van der Waals surface area contributed by atoms with Crippen molar-refractivity contribution < 1.29 is 18.3 Å². The fourth-order valence-corrected chi connectivity index (χ4v) is 3.46. The van der Waals surface area contributed by atoms with E-state index in [1.807, 2.05) is 29.2 Å². The third-order valence-corrected chi connectivity index (χ3v) is 4.70. The highest BCUT2D eigenvalue weighted by atomic mass is 19.3. The lowest BCUT2D eigenvalue weighted by atomic mass is 10.1. The van der Waals surface area contributed by atoms with Gasteiger partial charge in [0.2, 0.25) is 5.91 Å². The summed E-state index contributed by atoms with van der Waals surface area (Å²) in [6.07, 6.45) is 3.08. The first-order valence-electron chi connectivity index (χ1n) is 8.94. The largest absolute Gasteiger partial charge is 0.435 e. The Labute approximate surface area is 160 Å². The highest BCUT2D eigenvalue weighted by Gasteiger charge is 2.32. The molecule has 1 amide bonds. The maximum Gasteiger partial charge on any atom is 0.387 e. The van der Waals surface area contributed by atoms with E-state index in [0.29, 0.717) is 12.1 Å². The number of alkyl halides is 2. The van der Waals surface area contributed by atoms with Crippen molar-refractivity contribution in [2.24, 2.45) is 0 Å². The molecular weight excluding hydrogens is 366 g/mol. The van der Waals surface area contributed by atoms with Gasteiger partial charge in [-0.3, -0.25) is 4.79 Å². The quantitative estimate of drug-likeness (QED) is 0.724. The molecule has 0 aliphatic carbocycles. The smallest absolute Gasteiger partial charge is 0.387 e. The van der Waals surface area contributed by atoms with Crippen LogP contribution in [0.1, 0.15) is 12.8 Å². The summed E-state index contributed by atoms with van der Waals surface area (Å²) in [5, 5.41) is 3.75. The van der Waals surface area contributed by atoms with Crippen molar-refractivity contribution in [3.63, 3.8) is 0 Å². The van der Waals surface area contributed by atoms with Crippen molar-refractivity contribution in [2.75, 3.05) is 16.8 Å². The molecule has 1 atom stereocenters. The molecule has 1 aromatic heterocycles. The highest BCUT2D eigenvalue weighted by Crippen LogP contribution is 2.30. The fourth-order valence-electron chi connectivity index (χ4n) is 3.46. The van der Waals surface area contributed by atoms with Crippen LogP contribution < -0.4 is 15.0 Å². The zero-order chi connectivity index (χ0) is 19.5. The van der Waals surface area contributed by atoms with Gasteiger partial charge in [-0.15, -0.1) is 0 Å². The minimum Gasteiger partial charge on any atom is -0.435 e. The van der Waals surface area contributed by atoms with Crippen LogP contribution in [0.15, 0.2) is 54.9 Å². The molecule has 28 heavy (non-hydrogen) atoms. The second-order valence-electron chi connectivity index (χ2n) is 6.46. The Hall–Kier alpha value is -3.29. The van der Waals surface area contributed by atoms with E-state index in [2.05, 4.69) is 20.0 Å². The Kier molecular flexibility index (Phi) is 5.01. The zero-order valence-electron chi connectivity index (χ0n) is 14.9. The molecule has 0 saturated carbocycles. The standard InChI is InChI=1S/C20H18F2N4O2/c21-20(22)28-14-9-7-13(8-10-14)25-19(27)17-6-3-11-26(17)18-15-4-1-2-5-16(15)23-12-24-18/h1-2,4-5,7-10,12,17,20H,3,6,11H2,(H,25,27)/t17-/m0/s1. The van der Waals surface area contributed by atoms with E-state index >= 15 is 0 Å². The summed E-state index contributed by atoms with van der Waals surface area (Å²) in [5.41, 5.74) is 1.35. The number of para-hydroxylation sites is 1. The molecule has 3 aromatic rings. The van der Waals surface area contributed by atoms with Gasteiger partial charge in [0.15, 0.2) is 0 Å². The van der Waals surface area contributed by atoms with E-state index in [4.69, 9.17) is 0 Å². The molecule has 0 unspecified atom stereocenters. The van der Waals surface area contributed by atoms with Gasteiger partial charge in [-0.05, 0) is 49.2 Å². The van der Waals surface area contributed by atoms with Crippen LogP contribution in [0.4, 0.5) is 20.3 Å². The van der Waals surface area contributed by atoms with Crippen LogP contribution in [0.25, 0.3) is 10.9 Å². The third-order valence-electron chi connectivity index (χ3n) is 4.70. The maximum atomic E-state index is 12.8. The van der Waals surface area contributed by atoms with Crippen LogP contribution in [0.5, 0.6) is 5.75 Å². The first kappa shape index (κ1) is 18.1. The normalized spacial score (nSPS) is 16.5. The topological polar surface area (TPSA) is 67.3 Å². The van der Waals surface area contributed by atoms with Gasteiger partial charge >= 0.3 is 6.61 Å². The minimum atomic E-state index is -2.88. The van der Waals surface area contributed by atoms with Crippen molar-refractivity contribution in [3.05, 3.63) is 54.9 Å². The number of nitrogens with zero attached hydrogens (tertiary/aromatic N) is 3. The number of hydrogen-bond acceptors (Lipinski definition) is 5. The van der Waals surface area contributed by atoms with Crippen LogP contribution in [-0.2, 0) is 4.79 Å². The molecule has 0 spiro atoms. The van der Waals surface area contributed by atoms with Crippen molar-refractivity contribution >= 4 is 28.3 Å². The summed E-state index contributed by atoms with van der Waals surface area (Å²) in [5.74, 6) is 0.620. The van der Waals surface area contributed by atoms with E-state index in [-0.39, 0.29) is 17.7 Å². The van der Waals surface area contributed by atoms with Crippen LogP contribution in [0.3, 0.4) is 0 Å². The number of fused-ring (bicyclic) bond motifs is 1. The summed E-state index contributed by atoms with van der Waals surface area (Å²) in [4.78, 5) is 23.5. The number of aromatic nitrogens is 2. The van der Waals surface area contributed by atoms with E-state index < -0.39 is 6.61 Å². The van der Waals surface area contributed by atoms with Crippen molar-refractivity contribution in [1.82, 2.24) is 9.97 Å². The van der Waals surface area contributed by atoms with Crippen LogP contribution in [0.2, 0.25) is 0 Å². The van der Waals surface area contributed by atoms with Crippen LogP contribution in [0, 0.1) is 0 Å².